The van der Waals surface area contributed by atoms with E-state index in [0.29, 0.717) is 6.54 Å². The molecule has 2 rings (SSSR count). The van der Waals surface area contributed by atoms with Crippen molar-refractivity contribution in [3.63, 3.8) is 0 Å². The molecule has 1 fully saturated rings. The van der Waals surface area contributed by atoms with Crippen LogP contribution in [0, 0.1) is 19.3 Å². The molecule has 5 heteroatoms. The second-order valence-electron chi connectivity index (χ2n) is 6.77. The van der Waals surface area contributed by atoms with Gasteiger partial charge in [0.15, 0.2) is 0 Å². The minimum absolute atomic E-state index is 0.0397. The van der Waals surface area contributed by atoms with Gasteiger partial charge in [-0.05, 0) is 51.1 Å². The van der Waals surface area contributed by atoms with E-state index in [9.17, 15) is 4.79 Å². The van der Waals surface area contributed by atoms with Crippen LogP contribution in [0.5, 0.6) is 0 Å². The molecule has 118 valence electrons. The predicted octanol–water partition coefficient (Wildman–Crippen LogP) is 1.78. The standard InChI is InChI=1S/C16H28N4O/c1-12-11-13(2)20(19-12)10-6-9-18-15(21)14-16(3,4)7-5-8-17-14/h11,14,17H,5-10H2,1-4H3,(H,18,21). The highest BCUT2D eigenvalue weighted by Crippen LogP contribution is 2.29. The molecule has 1 aliphatic heterocycles. The Morgan fingerprint density at radius 3 is 2.90 bits per heavy atom. The van der Waals surface area contributed by atoms with E-state index in [1.54, 1.807) is 0 Å². The Morgan fingerprint density at radius 1 is 1.52 bits per heavy atom. The Balaban J connectivity index is 1.75. The number of aryl methyl sites for hydroxylation is 3. The highest BCUT2D eigenvalue weighted by atomic mass is 16.2. The predicted molar refractivity (Wildman–Crippen MR) is 84.1 cm³/mol. The molecule has 1 unspecified atom stereocenters. The van der Waals surface area contributed by atoms with E-state index in [4.69, 9.17) is 0 Å². The third-order valence-corrected chi connectivity index (χ3v) is 4.34. The first-order valence-electron chi connectivity index (χ1n) is 7.92. The molecular formula is C16H28N4O. The molecule has 0 aromatic carbocycles. The molecular weight excluding hydrogens is 264 g/mol. The van der Waals surface area contributed by atoms with Gasteiger partial charge in [-0.3, -0.25) is 9.48 Å². The van der Waals surface area contributed by atoms with Gasteiger partial charge in [0.25, 0.3) is 0 Å². The van der Waals surface area contributed by atoms with Crippen molar-refractivity contribution in [3.05, 3.63) is 17.5 Å². The topological polar surface area (TPSA) is 59.0 Å². The summed E-state index contributed by atoms with van der Waals surface area (Å²) in [5, 5.41) is 10.8. The van der Waals surface area contributed by atoms with Gasteiger partial charge in [-0.15, -0.1) is 0 Å². The van der Waals surface area contributed by atoms with E-state index in [1.807, 2.05) is 11.6 Å². The monoisotopic (exact) mass is 292 g/mol. The molecule has 2 N–H and O–H groups in total. The molecule has 2 heterocycles. The smallest absolute Gasteiger partial charge is 0.237 e. The van der Waals surface area contributed by atoms with Gasteiger partial charge in [0.2, 0.25) is 5.91 Å². The third-order valence-electron chi connectivity index (χ3n) is 4.34. The van der Waals surface area contributed by atoms with E-state index in [1.165, 1.54) is 5.69 Å². The lowest BCUT2D eigenvalue weighted by Gasteiger charge is -2.38. The first-order valence-corrected chi connectivity index (χ1v) is 7.92. The van der Waals surface area contributed by atoms with E-state index in [0.717, 1.165) is 38.0 Å². The van der Waals surface area contributed by atoms with Crippen LogP contribution in [0.15, 0.2) is 6.07 Å². The number of hydrogen-bond donors (Lipinski definition) is 2. The maximum absolute atomic E-state index is 12.3. The highest BCUT2D eigenvalue weighted by Gasteiger charge is 2.36. The van der Waals surface area contributed by atoms with Gasteiger partial charge in [-0.2, -0.15) is 5.10 Å². The number of amides is 1. The number of nitrogens with one attached hydrogen (secondary N) is 2. The zero-order valence-corrected chi connectivity index (χ0v) is 13.7. The molecule has 5 nitrogen and oxygen atoms in total. The van der Waals surface area contributed by atoms with Crippen molar-refractivity contribution in [2.75, 3.05) is 13.1 Å². The van der Waals surface area contributed by atoms with Crippen LogP contribution in [0.25, 0.3) is 0 Å². The molecule has 1 aromatic rings. The Morgan fingerprint density at radius 2 is 2.29 bits per heavy atom. The minimum Gasteiger partial charge on any atom is -0.355 e. The van der Waals surface area contributed by atoms with Crippen LogP contribution in [0.3, 0.4) is 0 Å². The molecule has 1 aromatic heterocycles. The van der Waals surface area contributed by atoms with Gasteiger partial charge >= 0.3 is 0 Å². The van der Waals surface area contributed by atoms with Crippen molar-refractivity contribution in [2.24, 2.45) is 5.41 Å². The minimum atomic E-state index is -0.0695. The molecule has 1 saturated heterocycles. The second kappa shape index (κ2) is 6.60. The van der Waals surface area contributed by atoms with Gasteiger partial charge in [0, 0.05) is 18.8 Å². The number of carbonyl (C=O) groups is 1. The van der Waals surface area contributed by atoms with Crippen molar-refractivity contribution in [2.45, 2.75) is 59.5 Å². The Kier molecular flexibility index (Phi) is 5.04. The SMILES string of the molecule is Cc1cc(C)n(CCCNC(=O)C2NCCCC2(C)C)n1. The third kappa shape index (κ3) is 4.06. The van der Waals surface area contributed by atoms with Gasteiger partial charge in [0.05, 0.1) is 11.7 Å². The maximum Gasteiger partial charge on any atom is 0.237 e. The summed E-state index contributed by atoms with van der Waals surface area (Å²) in [7, 11) is 0. The molecule has 0 aliphatic carbocycles. The van der Waals surface area contributed by atoms with E-state index in [-0.39, 0.29) is 17.4 Å². The summed E-state index contributed by atoms with van der Waals surface area (Å²) in [5.74, 6) is 0.132. The highest BCUT2D eigenvalue weighted by molar-refractivity contribution is 5.82. The van der Waals surface area contributed by atoms with Crippen molar-refractivity contribution >= 4 is 5.91 Å². The average molecular weight is 292 g/mol. The normalized spacial score (nSPS) is 21.2. The molecule has 1 atom stereocenters. The van der Waals surface area contributed by atoms with Crippen molar-refractivity contribution < 1.29 is 4.79 Å². The first kappa shape index (κ1) is 16.0. The summed E-state index contributed by atoms with van der Waals surface area (Å²) < 4.78 is 2.00. The van der Waals surface area contributed by atoms with Crippen LogP contribution < -0.4 is 10.6 Å². The van der Waals surface area contributed by atoms with E-state index >= 15 is 0 Å². The molecule has 0 radical (unpaired) electrons. The summed E-state index contributed by atoms with van der Waals surface area (Å²) >= 11 is 0. The van der Waals surface area contributed by atoms with Gasteiger partial charge in [-0.25, -0.2) is 0 Å². The van der Waals surface area contributed by atoms with E-state index in [2.05, 4.69) is 42.6 Å². The van der Waals surface area contributed by atoms with Crippen LogP contribution in [0.2, 0.25) is 0 Å². The summed E-state index contributed by atoms with van der Waals surface area (Å²) in [4.78, 5) is 12.3. The van der Waals surface area contributed by atoms with Gasteiger partial charge in [0.1, 0.15) is 0 Å². The summed E-state index contributed by atoms with van der Waals surface area (Å²) in [5.41, 5.74) is 2.26. The number of aromatic nitrogens is 2. The van der Waals surface area contributed by atoms with Crippen LogP contribution in [0.4, 0.5) is 0 Å². The zero-order chi connectivity index (χ0) is 15.5. The summed E-state index contributed by atoms with van der Waals surface area (Å²) in [6, 6.07) is 2.01. The van der Waals surface area contributed by atoms with Crippen LogP contribution in [-0.4, -0.2) is 34.8 Å². The number of hydrogen-bond acceptors (Lipinski definition) is 3. The van der Waals surface area contributed by atoms with Gasteiger partial charge in [-0.1, -0.05) is 13.8 Å². The van der Waals surface area contributed by atoms with E-state index < -0.39 is 0 Å². The van der Waals surface area contributed by atoms with Crippen molar-refractivity contribution in [3.8, 4) is 0 Å². The average Bonchev–Trinajstić information content (AvgIpc) is 2.72. The Hall–Kier alpha value is -1.36. The first-order chi connectivity index (χ1) is 9.90. The lowest BCUT2D eigenvalue weighted by atomic mass is 9.77. The molecule has 0 bridgehead atoms. The molecule has 1 amide bonds. The lowest BCUT2D eigenvalue weighted by molar-refractivity contribution is -0.126. The molecule has 21 heavy (non-hydrogen) atoms. The number of piperidine rings is 1. The van der Waals surface area contributed by atoms with Gasteiger partial charge < -0.3 is 10.6 Å². The second-order valence-corrected chi connectivity index (χ2v) is 6.77. The fourth-order valence-electron chi connectivity index (χ4n) is 3.10. The van der Waals surface area contributed by atoms with Crippen LogP contribution >= 0.6 is 0 Å². The largest absolute Gasteiger partial charge is 0.355 e. The lowest BCUT2D eigenvalue weighted by Crippen LogP contribution is -2.55. The number of rotatable bonds is 5. The van der Waals surface area contributed by atoms with Crippen molar-refractivity contribution in [1.29, 1.82) is 0 Å². The fourth-order valence-corrected chi connectivity index (χ4v) is 3.10. The quantitative estimate of drug-likeness (QED) is 0.813. The van der Waals surface area contributed by atoms with Crippen LogP contribution in [-0.2, 0) is 11.3 Å². The molecule has 0 spiro atoms. The molecule has 0 saturated carbocycles. The molecule has 1 aliphatic rings. The summed E-state index contributed by atoms with van der Waals surface area (Å²) in [6.45, 7) is 10.9. The number of nitrogens with zero attached hydrogens (tertiary/aromatic N) is 2. The zero-order valence-electron chi connectivity index (χ0n) is 13.7. The van der Waals surface area contributed by atoms with Crippen molar-refractivity contribution in [1.82, 2.24) is 20.4 Å². The van der Waals surface area contributed by atoms with Crippen LogP contribution in [0.1, 0.15) is 44.5 Å². The number of carbonyl (C=O) groups excluding carboxylic acids is 1. The summed E-state index contributed by atoms with van der Waals surface area (Å²) in [6.07, 6.45) is 3.15. The fraction of sp³-hybridized carbons (Fsp3) is 0.750. The Bertz CT molecular complexity index is 492. The Labute approximate surface area is 127 Å². The maximum atomic E-state index is 12.3.